The first kappa shape index (κ1) is 10.8. The number of carbonyl (C=O) groups excluding carboxylic acids is 1. The van der Waals surface area contributed by atoms with Crippen molar-refractivity contribution in [3.05, 3.63) is 39.9 Å². The van der Waals surface area contributed by atoms with E-state index in [2.05, 4.69) is 10.5 Å². The standard InChI is InChI=1S/C9H9N3O3/c1-7(13)11-10-6-8-4-2-3-5-9(8)12(14)15/h2-6H,1H3,(H,11,13)/b10-6-. The third kappa shape index (κ3) is 3.18. The number of amides is 1. The normalized spacial score (nSPS) is 10.2. The smallest absolute Gasteiger partial charge is 0.274 e. The van der Waals surface area contributed by atoms with Crippen molar-refractivity contribution in [3.63, 3.8) is 0 Å². The first-order valence-electron chi connectivity index (χ1n) is 4.14. The van der Waals surface area contributed by atoms with Gasteiger partial charge in [0.2, 0.25) is 5.91 Å². The Morgan fingerprint density at radius 2 is 2.20 bits per heavy atom. The third-order valence-corrected chi connectivity index (χ3v) is 1.56. The SMILES string of the molecule is CC(=O)N/N=C\c1ccccc1[N+](=O)[O-]. The van der Waals surface area contributed by atoms with Crippen molar-refractivity contribution in [2.75, 3.05) is 0 Å². The highest BCUT2D eigenvalue weighted by atomic mass is 16.6. The van der Waals surface area contributed by atoms with E-state index in [1.807, 2.05) is 0 Å². The quantitative estimate of drug-likeness (QED) is 0.457. The summed E-state index contributed by atoms with van der Waals surface area (Å²) >= 11 is 0. The zero-order chi connectivity index (χ0) is 11.3. The summed E-state index contributed by atoms with van der Waals surface area (Å²) in [6.45, 7) is 1.30. The molecule has 0 atom stereocenters. The van der Waals surface area contributed by atoms with Gasteiger partial charge in [-0.15, -0.1) is 0 Å². The van der Waals surface area contributed by atoms with E-state index in [4.69, 9.17) is 0 Å². The van der Waals surface area contributed by atoms with Gasteiger partial charge in [0.15, 0.2) is 0 Å². The molecule has 0 spiro atoms. The topological polar surface area (TPSA) is 84.6 Å². The van der Waals surface area contributed by atoms with Crippen LogP contribution in [-0.2, 0) is 4.79 Å². The highest BCUT2D eigenvalue weighted by Crippen LogP contribution is 2.14. The molecule has 0 saturated heterocycles. The number of hydrogen-bond acceptors (Lipinski definition) is 4. The van der Waals surface area contributed by atoms with Gasteiger partial charge in [0, 0.05) is 13.0 Å². The van der Waals surface area contributed by atoms with E-state index in [-0.39, 0.29) is 11.6 Å². The van der Waals surface area contributed by atoms with E-state index in [1.54, 1.807) is 18.2 Å². The van der Waals surface area contributed by atoms with E-state index in [0.717, 1.165) is 0 Å². The molecule has 0 aliphatic rings. The second kappa shape index (κ2) is 4.85. The van der Waals surface area contributed by atoms with Crippen LogP contribution in [-0.4, -0.2) is 17.0 Å². The summed E-state index contributed by atoms with van der Waals surface area (Å²) in [6, 6.07) is 6.13. The molecule has 1 N–H and O–H groups in total. The van der Waals surface area contributed by atoms with Gasteiger partial charge in [0.05, 0.1) is 16.7 Å². The zero-order valence-electron chi connectivity index (χ0n) is 8.01. The number of para-hydroxylation sites is 1. The minimum absolute atomic E-state index is 0.0494. The summed E-state index contributed by atoms with van der Waals surface area (Å²) in [5.41, 5.74) is 2.46. The van der Waals surface area contributed by atoms with Gasteiger partial charge in [-0.1, -0.05) is 12.1 Å². The van der Waals surface area contributed by atoms with Gasteiger partial charge in [-0.3, -0.25) is 14.9 Å². The average Bonchev–Trinajstić information content (AvgIpc) is 2.17. The van der Waals surface area contributed by atoms with Crippen LogP contribution in [0.3, 0.4) is 0 Å². The van der Waals surface area contributed by atoms with Crippen molar-refractivity contribution < 1.29 is 9.72 Å². The molecule has 6 nitrogen and oxygen atoms in total. The van der Waals surface area contributed by atoms with Gasteiger partial charge in [0.1, 0.15) is 0 Å². The monoisotopic (exact) mass is 207 g/mol. The molecular weight excluding hydrogens is 198 g/mol. The van der Waals surface area contributed by atoms with Crippen LogP contribution in [0.4, 0.5) is 5.69 Å². The minimum Gasteiger partial charge on any atom is -0.274 e. The third-order valence-electron chi connectivity index (χ3n) is 1.56. The second-order valence-corrected chi connectivity index (χ2v) is 2.74. The van der Waals surface area contributed by atoms with Crippen molar-refractivity contribution >= 4 is 17.8 Å². The number of rotatable bonds is 3. The van der Waals surface area contributed by atoms with Crippen LogP contribution in [0.2, 0.25) is 0 Å². The number of benzene rings is 1. The number of nitrogens with one attached hydrogen (secondary N) is 1. The van der Waals surface area contributed by atoms with Gasteiger partial charge < -0.3 is 0 Å². The molecular formula is C9H9N3O3. The number of nitrogens with zero attached hydrogens (tertiary/aromatic N) is 2. The molecule has 0 bridgehead atoms. The first-order valence-corrected chi connectivity index (χ1v) is 4.14. The molecule has 0 radical (unpaired) electrons. The van der Waals surface area contributed by atoms with Crippen LogP contribution in [0.15, 0.2) is 29.4 Å². The summed E-state index contributed by atoms with van der Waals surface area (Å²) in [5.74, 6) is -0.329. The van der Waals surface area contributed by atoms with Crippen molar-refractivity contribution in [3.8, 4) is 0 Å². The molecule has 15 heavy (non-hydrogen) atoms. The molecule has 1 aromatic rings. The van der Waals surface area contributed by atoms with E-state index in [9.17, 15) is 14.9 Å². The van der Waals surface area contributed by atoms with Gasteiger partial charge in [-0.25, -0.2) is 5.43 Å². The lowest BCUT2D eigenvalue weighted by Gasteiger charge is -1.95. The Morgan fingerprint density at radius 1 is 1.53 bits per heavy atom. The fraction of sp³-hybridized carbons (Fsp3) is 0.111. The van der Waals surface area contributed by atoms with Crippen LogP contribution >= 0.6 is 0 Å². The predicted octanol–water partition coefficient (Wildman–Crippen LogP) is 1.06. The van der Waals surface area contributed by atoms with Gasteiger partial charge >= 0.3 is 0 Å². The van der Waals surface area contributed by atoms with Crippen molar-refractivity contribution in [2.24, 2.45) is 5.10 Å². The lowest BCUT2D eigenvalue weighted by molar-refractivity contribution is -0.385. The van der Waals surface area contributed by atoms with E-state index in [1.165, 1.54) is 19.2 Å². The average molecular weight is 207 g/mol. The number of carbonyl (C=O) groups is 1. The summed E-state index contributed by atoms with van der Waals surface area (Å²) in [6.07, 6.45) is 1.24. The summed E-state index contributed by atoms with van der Waals surface area (Å²) in [7, 11) is 0. The molecule has 0 aliphatic carbocycles. The maximum Gasteiger partial charge on any atom is 0.278 e. The van der Waals surface area contributed by atoms with Gasteiger partial charge in [-0.05, 0) is 6.07 Å². The Labute approximate surface area is 85.8 Å². The van der Waals surface area contributed by atoms with Gasteiger partial charge in [0.25, 0.3) is 5.69 Å². The van der Waals surface area contributed by atoms with Gasteiger partial charge in [-0.2, -0.15) is 5.10 Å². The molecule has 0 saturated carbocycles. The Kier molecular flexibility index (Phi) is 3.50. The first-order chi connectivity index (χ1) is 7.11. The highest BCUT2D eigenvalue weighted by Gasteiger charge is 2.09. The lowest BCUT2D eigenvalue weighted by atomic mass is 10.2. The molecule has 0 aromatic heterocycles. The van der Waals surface area contributed by atoms with E-state index < -0.39 is 4.92 Å². The van der Waals surface area contributed by atoms with Crippen LogP contribution in [0.1, 0.15) is 12.5 Å². The zero-order valence-corrected chi connectivity index (χ0v) is 8.01. The molecule has 78 valence electrons. The van der Waals surface area contributed by atoms with Crippen LogP contribution in [0, 0.1) is 10.1 Å². The molecule has 0 unspecified atom stereocenters. The molecule has 0 aliphatic heterocycles. The molecule has 0 heterocycles. The molecule has 6 heteroatoms. The fourth-order valence-corrected chi connectivity index (χ4v) is 0.956. The fourth-order valence-electron chi connectivity index (χ4n) is 0.956. The summed E-state index contributed by atoms with van der Waals surface area (Å²) < 4.78 is 0. The summed E-state index contributed by atoms with van der Waals surface area (Å²) in [4.78, 5) is 20.6. The Hall–Kier alpha value is -2.24. The minimum atomic E-state index is -0.505. The highest BCUT2D eigenvalue weighted by molar-refractivity contribution is 5.86. The van der Waals surface area contributed by atoms with Crippen LogP contribution in [0.25, 0.3) is 0 Å². The van der Waals surface area contributed by atoms with Crippen molar-refractivity contribution in [1.82, 2.24) is 5.43 Å². The molecule has 0 fully saturated rings. The summed E-state index contributed by atoms with van der Waals surface area (Å²) in [5, 5.41) is 14.1. The molecule has 1 amide bonds. The van der Waals surface area contributed by atoms with E-state index >= 15 is 0 Å². The number of hydrazone groups is 1. The van der Waals surface area contributed by atoms with Crippen LogP contribution < -0.4 is 5.43 Å². The molecule has 1 rings (SSSR count). The Bertz CT molecular complexity index is 415. The molecule has 1 aromatic carbocycles. The number of nitro benzene ring substituents is 1. The van der Waals surface area contributed by atoms with Crippen molar-refractivity contribution in [1.29, 1.82) is 0 Å². The lowest BCUT2D eigenvalue weighted by Crippen LogP contribution is -2.12. The van der Waals surface area contributed by atoms with E-state index in [0.29, 0.717) is 5.56 Å². The predicted molar refractivity (Wildman–Crippen MR) is 54.5 cm³/mol. The number of nitro groups is 1. The second-order valence-electron chi connectivity index (χ2n) is 2.74. The maximum absolute atomic E-state index is 10.6. The van der Waals surface area contributed by atoms with Crippen molar-refractivity contribution in [2.45, 2.75) is 6.92 Å². The number of hydrogen-bond donors (Lipinski definition) is 1. The maximum atomic E-state index is 10.6. The Morgan fingerprint density at radius 3 is 2.80 bits per heavy atom. The Balaban J connectivity index is 2.89. The van der Waals surface area contributed by atoms with Crippen LogP contribution in [0.5, 0.6) is 0 Å². The largest absolute Gasteiger partial charge is 0.278 e.